The molecular formula is C19H17N3O5. The van der Waals surface area contributed by atoms with Crippen LogP contribution in [-0.2, 0) is 23.9 Å². The third-order valence-corrected chi connectivity index (χ3v) is 4.53. The van der Waals surface area contributed by atoms with Crippen molar-refractivity contribution in [3.63, 3.8) is 0 Å². The maximum absolute atomic E-state index is 12.3. The van der Waals surface area contributed by atoms with Crippen LogP contribution in [0.4, 0.5) is 5.69 Å². The zero-order valence-electron chi connectivity index (χ0n) is 14.4. The van der Waals surface area contributed by atoms with Crippen LogP contribution in [0.3, 0.4) is 0 Å². The highest BCUT2D eigenvalue weighted by Crippen LogP contribution is 2.34. The molecule has 1 aliphatic carbocycles. The Kier molecular flexibility index (Phi) is 5.31. The molecular weight excluding hydrogens is 350 g/mol. The molecule has 8 heteroatoms. The number of amides is 3. The molecule has 1 aromatic rings. The minimum absolute atomic E-state index is 0.371. The van der Waals surface area contributed by atoms with E-state index < -0.39 is 36.9 Å². The van der Waals surface area contributed by atoms with E-state index in [-0.39, 0.29) is 11.8 Å². The van der Waals surface area contributed by atoms with Crippen molar-refractivity contribution in [1.29, 1.82) is 5.26 Å². The van der Waals surface area contributed by atoms with E-state index >= 15 is 0 Å². The number of imide groups is 1. The molecule has 0 saturated carbocycles. The van der Waals surface area contributed by atoms with Gasteiger partial charge in [0.15, 0.2) is 6.61 Å². The molecule has 0 unspecified atom stereocenters. The second-order valence-corrected chi connectivity index (χ2v) is 6.32. The van der Waals surface area contributed by atoms with Gasteiger partial charge >= 0.3 is 5.97 Å². The third-order valence-electron chi connectivity index (χ3n) is 4.53. The first-order valence-corrected chi connectivity index (χ1v) is 8.45. The number of rotatable bonds is 5. The molecule has 3 amide bonds. The van der Waals surface area contributed by atoms with Crippen LogP contribution < -0.4 is 5.32 Å². The molecule has 2 atom stereocenters. The molecule has 1 N–H and O–H groups in total. The summed E-state index contributed by atoms with van der Waals surface area (Å²) in [4.78, 5) is 49.3. The number of nitrogens with zero attached hydrogens (tertiary/aromatic N) is 2. The summed E-state index contributed by atoms with van der Waals surface area (Å²) in [6.45, 7) is -1.05. The number of carbonyl (C=O) groups is 4. The van der Waals surface area contributed by atoms with Crippen LogP contribution in [0.15, 0.2) is 36.4 Å². The van der Waals surface area contributed by atoms with E-state index in [1.54, 1.807) is 18.2 Å². The molecule has 1 aliphatic heterocycles. The normalized spacial score (nSPS) is 20.8. The van der Waals surface area contributed by atoms with Gasteiger partial charge in [-0.3, -0.25) is 24.1 Å². The number of esters is 1. The highest BCUT2D eigenvalue weighted by Gasteiger charge is 2.47. The second-order valence-electron chi connectivity index (χ2n) is 6.32. The number of fused-ring (bicyclic) bond motifs is 1. The number of nitriles is 1. The minimum Gasteiger partial charge on any atom is -0.454 e. The van der Waals surface area contributed by atoms with Gasteiger partial charge in [0.1, 0.15) is 6.54 Å². The maximum Gasteiger partial charge on any atom is 0.326 e. The van der Waals surface area contributed by atoms with Gasteiger partial charge in [0, 0.05) is 5.69 Å². The Morgan fingerprint density at radius 1 is 1.19 bits per heavy atom. The van der Waals surface area contributed by atoms with Crippen molar-refractivity contribution in [2.45, 2.75) is 12.8 Å². The smallest absolute Gasteiger partial charge is 0.326 e. The fourth-order valence-electron chi connectivity index (χ4n) is 3.21. The predicted octanol–water partition coefficient (Wildman–Crippen LogP) is 0.991. The van der Waals surface area contributed by atoms with Crippen molar-refractivity contribution in [1.82, 2.24) is 4.90 Å². The number of carbonyl (C=O) groups excluding carboxylic acids is 4. The van der Waals surface area contributed by atoms with E-state index in [4.69, 9.17) is 10.00 Å². The number of benzene rings is 1. The molecule has 0 bridgehead atoms. The van der Waals surface area contributed by atoms with E-state index in [0.717, 1.165) is 4.90 Å². The molecule has 0 aromatic heterocycles. The maximum atomic E-state index is 12.3. The standard InChI is InChI=1S/C19H17N3O5/c20-9-12-4-3-5-13(8-12)21-16(23)11-27-17(24)10-22-18(25)14-6-1-2-7-15(14)19(22)26/h1-5,8,14-15H,6-7,10-11H2,(H,21,23)/t14-,15+. The second kappa shape index (κ2) is 7.83. The summed E-state index contributed by atoms with van der Waals surface area (Å²) in [5, 5.41) is 11.3. The number of hydrogen-bond donors (Lipinski definition) is 1. The van der Waals surface area contributed by atoms with Crippen LogP contribution in [0.1, 0.15) is 18.4 Å². The van der Waals surface area contributed by atoms with Gasteiger partial charge < -0.3 is 10.1 Å². The Balaban J connectivity index is 1.49. The quantitative estimate of drug-likeness (QED) is 0.471. The summed E-state index contributed by atoms with van der Waals surface area (Å²) < 4.78 is 4.87. The van der Waals surface area contributed by atoms with E-state index in [1.165, 1.54) is 6.07 Å². The van der Waals surface area contributed by atoms with Crippen LogP contribution in [0.2, 0.25) is 0 Å². The van der Waals surface area contributed by atoms with Crippen LogP contribution in [0, 0.1) is 23.2 Å². The topological polar surface area (TPSA) is 117 Å². The van der Waals surface area contributed by atoms with Gasteiger partial charge in [0.2, 0.25) is 11.8 Å². The van der Waals surface area contributed by atoms with Gasteiger partial charge in [-0.25, -0.2) is 0 Å². The van der Waals surface area contributed by atoms with Gasteiger partial charge in [-0.15, -0.1) is 0 Å². The van der Waals surface area contributed by atoms with Crippen molar-refractivity contribution < 1.29 is 23.9 Å². The fourth-order valence-corrected chi connectivity index (χ4v) is 3.21. The van der Waals surface area contributed by atoms with Crippen LogP contribution in [0.5, 0.6) is 0 Å². The summed E-state index contributed by atoms with van der Waals surface area (Å²) in [7, 11) is 0. The molecule has 1 fully saturated rings. The Morgan fingerprint density at radius 2 is 1.85 bits per heavy atom. The van der Waals surface area contributed by atoms with E-state index in [0.29, 0.717) is 24.1 Å². The van der Waals surface area contributed by atoms with Gasteiger partial charge in [-0.05, 0) is 31.0 Å². The summed E-state index contributed by atoms with van der Waals surface area (Å²) in [6, 6.07) is 8.23. The lowest BCUT2D eigenvalue weighted by Crippen LogP contribution is -2.37. The Bertz CT molecular complexity index is 844. The molecule has 1 aromatic carbocycles. The highest BCUT2D eigenvalue weighted by atomic mass is 16.5. The van der Waals surface area contributed by atoms with Crippen molar-refractivity contribution in [2.75, 3.05) is 18.5 Å². The molecule has 0 spiro atoms. The monoisotopic (exact) mass is 367 g/mol. The molecule has 1 heterocycles. The molecule has 2 aliphatic rings. The van der Waals surface area contributed by atoms with Gasteiger partial charge in [0.25, 0.3) is 5.91 Å². The zero-order valence-corrected chi connectivity index (χ0v) is 14.4. The van der Waals surface area contributed by atoms with Crippen LogP contribution in [0.25, 0.3) is 0 Å². The average molecular weight is 367 g/mol. The van der Waals surface area contributed by atoms with E-state index in [2.05, 4.69) is 5.32 Å². The number of likely N-dealkylation sites (tertiary alicyclic amines) is 1. The third kappa shape index (κ3) is 4.03. The SMILES string of the molecule is N#Cc1cccc(NC(=O)COC(=O)CN2C(=O)[C@H]3CC=CC[C@H]3C2=O)c1. The van der Waals surface area contributed by atoms with Gasteiger partial charge in [-0.1, -0.05) is 18.2 Å². The lowest BCUT2D eigenvalue weighted by atomic mass is 9.85. The highest BCUT2D eigenvalue weighted by molar-refractivity contribution is 6.07. The zero-order chi connectivity index (χ0) is 19.4. The Labute approximate surface area is 155 Å². The summed E-state index contributed by atoms with van der Waals surface area (Å²) in [5.41, 5.74) is 0.781. The molecule has 3 rings (SSSR count). The van der Waals surface area contributed by atoms with Crippen molar-refractivity contribution >= 4 is 29.4 Å². The van der Waals surface area contributed by atoms with Crippen molar-refractivity contribution in [3.05, 3.63) is 42.0 Å². The molecule has 1 saturated heterocycles. The average Bonchev–Trinajstić information content (AvgIpc) is 2.92. The Morgan fingerprint density at radius 3 is 2.48 bits per heavy atom. The summed E-state index contributed by atoms with van der Waals surface area (Å²) >= 11 is 0. The van der Waals surface area contributed by atoms with Crippen LogP contribution >= 0.6 is 0 Å². The van der Waals surface area contributed by atoms with E-state index in [9.17, 15) is 19.2 Å². The minimum atomic E-state index is -0.829. The summed E-state index contributed by atoms with van der Waals surface area (Å²) in [5.74, 6) is -2.98. The van der Waals surface area contributed by atoms with Crippen molar-refractivity contribution in [2.24, 2.45) is 11.8 Å². The first kappa shape index (κ1) is 18.3. The van der Waals surface area contributed by atoms with Gasteiger partial charge in [-0.2, -0.15) is 5.26 Å². The van der Waals surface area contributed by atoms with Crippen LogP contribution in [-0.4, -0.2) is 41.7 Å². The number of hydrogen-bond acceptors (Lipinski definition) is 6. The largest absolute Gasteiger partial charge is 0.454 e. The first-order chi connectivity index (χ1) is 13.0. The molecule has 27 heavy (non-hydrogen) atoms. The Hall–Kier alpha value is -3.47. The number of nitrogens with one attached hydrogen (secondary N) is 1. The first-order valence-electron chi connectivity index (χ1n) is 8.45. The van der Waals surface area contributed by atoms with E-state index in [1.807, 2.05) is 18.2 Å². The van der Waals surface area contributed by atoms with Crippen molar-refractivity contribution in [3.8, 4) is 6.07 Å². The molecule has 138 valence electrons. The lowest BCUT2D eigenvalue weighted by Gasteiger charge is -2.14. The van der Waals surface area contributed by atoms with Gasteiger partial charge in [0.05, 0.1) is 23.5 Å². The predicted molar refractivity (Wildman–Crippen MR) is 92.8 cm³/mol. The molecule has 0 radical (unpaired) electrons. The lowest BCUT2D eigenvalue weighted by molar-refractivity contribution is -0.154. The number of allylic oxidation sites excluding steroid dienone is 2. The number of ether oxygens (including phenoxy) is 1. The summed E-state index contributed by atoms with van der Waals surface area (Å²) in [6.07, 6.45) is 4.70. The fraction of sp³-hybridized carbons (Fsp3) is 0.316. The number of anilines is 1. The molecule has 8 nitrogen and oxygen atoms in total.